The number of hydrogen-bond donors (Lipinski definition) is 3. The van der Waals surface area contributed by atoms with Gasteiger partial charge in [0.15, 0.2) is 0 Å². The van der Waals surface area contributed by atoms with Crippen LogP contribution in [0, 0.1) is 11.3 Å². The summed E-state index contributed by atoms with van der Waals surface area (Å²) in [5.74, 6) is -0.802. The summed E-state index contributed by atoms with van der Waals surface area (Å²) in [6.45, 7) is 0. The van der Waals surface area contributed by atoms with E-state index in [1.54, 1.807) is 54.6 Å². The molecular weight excluding hydrogens is 344 g/mol. The van der Waals surface area contributed by atoms with Crippen LogP contribution < -0.4 is 5.32 Å². The van der Waals surface area contributed by atoms with E-state index in [2.05, 4.69) is 25.9 Å². The number of hydrogen-bond acceptors (Lipinski definition) is 6. The zero-order valence-corrected chi connectivity index (χ0v) is 14.0. The van der Waals surface area contributed by atoms with Crippen molar-refractivity contribution in [3.63, 3.8) is 0 Å². The number of allylic oxidation sites excluding steroid dienone is 1. The molecule has 0 aliphatic heterocycles. The second kappa shape index (κ2) is 8.22. The van der Waals surface area contributed by atoms with Crippen LogP contribution >= 0.6 is 0 Å². The van der Waals surface area contributed by atoms with Gasteiger partial charge in [0.1, 0.15) is 11.6 Å². The van der Waals surface area contributed by atoms with Crippen molar-refractivity contribution in [3.05, 3.63) is 77.7 Å². The maximum atomic E-state index is 11.6. The summed E-state index contributed by atoms with van der Waals surface area (Å²) in [5, 5.41) is 34.8. The first-order valence-electron chi connectivity index (χ1n) is 7.88. The lowest BCUT2D eigenvalue weighted by atomic mass is 10.0. The summed E-state index contributed by atoms with van der Waals surface area (Å²) in [6, 6.07) is 18.0. The minimum absolute atomic E-state index is 0.193. The molecule has 0 saturated carbocycles. The third-order valence-corrected chi connectivity index (χ3v) is 3.63. The van der Waals surface area contributed by atoms with Crippen LogP contribution in [-0.2, 0) is 4.79 Å². The highest BCUT2D eigenvalue weighted by atomic mass is 16.4. The molecule has 8 heteroatoms. The Bertz CT molecular complexity index is 1020. The molecule has 0 unspecified atom stereocenters. The Kier molecular flexibility index (Phi) is 5.35. The van der Waals surface area contributed by atoms with Crippen LogP contribution in [0.4, 0.5) is 5.69 Å². The van der Waals surface area contributed by atoms with E-state index in [1.807, 2.05) is 12.1 Å². The van der Waals surface area contributed by atoms with Crippen LogP contribution in [0.2, 0.25) is 0 Å². The topological polar surface area (TPSA) is 128 Å². The van der Waals surface area contributed by atoms with Crippen LogP contribution in [-0.4, -0.2) is 31.7 Å². The van der Waals surface area contributed by atoms with Gasteiger partial charge < -0.3 is 10.4 Å². The molecule has 0 atom stereocenters. The van der Waals surface area contributed by atoms with Crippen molar-refractivity contribution >= 4 is 28.9 Å². The van der Waals surface area contributed by atoms with Crippen LogP contribution in [0.1, 0.15) is 17.0 Å². The fraction of sp³-hybridized carbons (Fsp3) is 0. The second-order valence-electron chi connectivity index (χ2n) is 5.40. The van der Waals surface area contributed by atoms with Gasteiger partial charge in [-0.25, -0.2) is 4.79 Å². The monoisotopic (exact) mass is 358 g/mol. The molecule has 0 aliphatic carbocycles. The maximum Gasteiger partial charge on any atom is 0.336 e. The van der Waals surface area contributed by atoms with E-state index in [0.717, 1.165) is 11.3 Å². The molecule has 0 amide bonds. The van der Waals surface area contributed by atoms with Gasteiger partial charge in [-0.1, -0.05) is 42.5 Å². The van der Waals surface area contributed by atoms with E-state index in [1.165, 1.54) is 6.20 Å². The molecule has 2 aromatic carbocycles. The highest BCUT2D eigenvalue weighted by Crippen LogP contribution is 2.20. The van der Waals surface area contributed by atoms with Gasteiger partial charge in [0, 0.05) is 11.9 Å². The van der Waals surface area contributed by atoms with Gasteiger partial charge in [-0.05, 0) is 34.5 Å². The number of benzene rings is 2. The number of H-pyrrole nitrogens is 1. The van der Waals surface area contributed by atoms with Crippen LogP contribution in [0.15, 0.2) is 60.8 Å². The predicted octanol–water partition coefficient (Wildman–Crippen LogP) is 2.80. The summed E-state index contributed by atoms with van der Waals surface area (Å²) >= 11 is 0. The highest BCUT2D eigenvalue weighted by molar-refractivity contribution is 6.20. The SMILES string of the molecule is N#CC(=CNc1ccc(C=C(C(=O)O)c2ccccc2)cc1)c1nn[nH]n1. The van der Waals surface area contributed by atoms with E-state index >= 15 is 0 Å². The van der Waals surface area contributed by atoms with Gasteiger partial charge >= 0.3 is 5.97 Å². The number of aromatic nitrogens is 4. The zero-order valence-electron chi connectivity index (χ0n) is 14.0. The second-order valence-corrected chi connectivity index (χ2v) is 5.40. The van der Waals surface area contributed by atoms with Gasteiger partial charge in [0.25, 0.3) is 0 Å². The molecule has 132 valence electrons. The average Bonchev–Trinajstić information content (AvgIpc) is 3.23. The van der Waals surface area contributed by atoms with Gasteiger partial charge in [-0.2, -0.15) is 10.5 Å². The number of anilines is 1. The summed E-state index contributed by atoms with van der Waals surface area (Å²) in [4.78, 5) is 11.6. The third-order valence-electron chi connectivity index (χ3n) is 3.63. The number of carboxylic acids is 1. The first kappa shape index (κ1) is 17.6. The van der Waals surface area contributed by atoms with Crippen LogP contribution in [0.5, 0.6) is 0 Å². The molecule has 3 rings (SSSR count). The fourth-order valence-corrected chi connectivity index (χ4v) is 2.31. The molecule has 0 aliphatic rings. The molecule has 27 heavy (non-hydrogen) atoms. The number of aliphatic carboxylic acids is 1. The van der Waals surface area contributed by atoms with E-state index in [4.69, 9.17) is 5.26 Å². The summed E-state index contributed by atoms with van der Waals surface area (Å²) in [7, 11) is 0. The standard InChI is InChI=1S/C19H14N6O2/c20-11-15(18-22-24-25-23-18)12-21-16-8-6-13(7-9-16)10-17(19(26)27)14-4-2-1-3-5-14/h1-10,12,21H,(H,26,27)(H,22,23,24,25). The lowest BCUT2D eigenvalue weighted by Gasteiger charge is -2.05. The van der Waals surface area contributed by atoms with Gasteiger partial charge in [-0.3, -0.25) is 0 Å². The molecule has 3 N–H and O–H groups in total. The molecule has 8 nitrogen and oxygen atoms in total. The summed E-state index contributed by atoms with van der Waals surface area (Å²) in [6.07, 6.45) is 3.08. The fourth-order valence-electron chi connectivity index (χ4n) is 2.31. The number of rotatable bonds is 6. The Hall–Kier alpha value is -4.25. The van der Waals surface area contributed by atoms with Crippen molar-refractivity contribution in [2.75, 3.05) is 5.32 Å². The lowest BCUT2D eigenvalue weighted by molar-refractivity contribution is -0.130. The van der Waals surface area contributed by atoms with Gasteiger partial charge in [-0.15, -0.1) is 10.2 Å². The molecular formula is C19H14N6O2. The van der Waals surface area contributed by atoms with Crippen molar-refractivity contribution in [3.8, 4) is 6.07 Å². The Balaban J connectivity index is 1.79. The molecule has 0 radical (unpaired) electrons. The minimum atomic E-state index is -0.995. The zero-order chi connectivity index (χ0) is 19.1. The number of nitriles is 1. The first-order chi connectivity index (χ1) is 13.2. The van der Waals surface area contributed by atoms with Gasteiger partial charge in [0.05, 0.1) is 5.57 Å². The maximum absolute atomic E-state index is 11.6. The van der Waals surface area contributed by atoms with E-state index in [-0.39, 0.29) is 17.0 Å². The molecule has 0 saturated heterocycles. The third kappa shape index (κ3) is 4.43. The normalized spacial score (nSPS) is 11.7. The largest absolute Gasteiger partial charge is 0.478 e. The van der Waals surface area contributed by atoms with Crippen molar-refractivity contribution in [2.24, 2.45) is 0 Å². The molecule has 0 bridgehead atoms. The van der Waals surface area contributed by atoms with Crippen molar-refractivity contribution in [1.82, 2.24) is 20.6 Å². The van der Waals surface area contributed by atoms with Crippen molar-refractivity contribution in [1.29, 1.82) is 5.26 Å². The predicted molar refractivity (Wildman–Crippen MR) is 99.8 cm³/mol. The smallest absolute Gasteiger partial charge is 0.336 e. The highest BCUT2D eigenvalue weighted by Gasteiger charge is 2.10. The van der Waals surface area contributed by atoms with E-state index in [9.17, 15) is 9.90 Å². The number of nitrogens with zero attached hydrogens (tertiary/aromatic N) is 4. The quantitative estimate of drug-likeness (QED) is 0.351. The Labute approximate surface area is 154 Å². The lowest BCUT2D eigenvalue weighted by Crippen LogP contribution is -1.99. The Morgan fingerprint density at radius 2 is 1.89 bits per heavy atom. The minimum Gasteiger partial charge on any atom is -0.478 e. The molecule has 0 spiro atoms. The average molecular weight is 358 g/mol. The number of aromatic amines is 1. The van der Waals surface area contributed by atoms with Crippen LogP contribution in [0.3, 0.4) is 0 Å². The number of carboxylic acid groups (broad SMARTS) is 1. The summed E-state index contributed by atoms with van der Waals surface area (Å²) in [5.41, 5.74) is 2.53. The van der Waals surface area contributed by atoms with Crippen LogP contribution in [0.25, 0.3) is 17.2 Å². The van der Waals surface area contributed by atoms with Crippen molar-refractivity contribution < 1.29 is 9.90 Å². The number of carbonyl (C=O) groups is 1. The number of nitrogens with one attached hydrogen (secondary N) is 2. The molecule has 3 aromatic rings. The van der Waals surface area contributed by atoms with Gasteiger partial charge in [0.2, 0.25) is 5.82 Å². The van der Waals surface area contributed by atoms with E-state index < -0.39 is 5.97 Å². The van der Waals surface area contributed by atoms with Crippen molar-refractivity contribution in [2.45, 2.75) is 0 Å². The molecule has 1 aromatic heterocycles. The Morgan fingerprint density at radius 1 is 1.15 bits per heavy atom. The summed E-state index contributed by atoms with van der Waals surface area (Å²) < 4.78 is 0. The number of tetrazole rings is 1. The van der Waals surface area contributed by atoms with E-state index in [0.29, 0.717) is 5.56 Å². The first-order valence-corrected chi connectivity index (χ1v) is 7.88. The Morgan fingerprint density at radius 3 is 2.48 bits per heavy atom. The molecule has 0 fully saturated rings. The molecule has 1 heterocycles.